The highest BCUT2D eigenvalue weighted by molar-refractivity contribution is 7.89. The molecule has 0 spiro atoms. The Morgan fingerprint density at radius 2 is 2.09 bits per heavy atom. The van der Waals surface area contributed by atoms with E-state index in [1.807, 2.05) is 6.92 Å². The fourth-order valence-corrected chi connectivity index (χ4v) is 5.01. The standard InChI is InChI=1S/C16H23N3O3S/c1-12(20)19-7-5-13-9-14(3-4-15(13)19)23(21,22)18-8-6-16(2,10-17)11-18/h3-4,9H,5-8,10-11,17H2,1-2H3. The van der Waals surface area contributed by atoms with E-state index < -0.39 is 10.0 Å². The summed E-state index contributed by atoms with van der Waals surface area (Å²) in [7, 11) is -3.50. The zero-order chi connectivity index (χ0) is 16.8. The molecule has 1 atom stereocenters. The smallest absolute Gasteiger partial charge is 0.243 e. The summed E-state index contributed by atoms with van der Waals surface area (Å²) in [5.41, 5.74) is 7.37. The summed E-state index contributed by atoms with van der Waals surface area (Å²) < 4.78 is 27.2. The molecule has 2 aliphatic heterocycles. The van der Waals surface area contributed by atoms with Crippen LogP contribution >= 0.6 is 0 Å². The number of carbonyl (C=O) groups excluding carboxylic acids is 1. The third kappa shape index (κ3) is 2.77. The normalized spacial score (nSPS) is 24.9. The molecule has 0 aromatic heterocycles. The van der Waals surface area contributed by atoms with Gasteiger partial charge in [0.2, 0.25) is 15.9 Å². The van der Waals surface area contributed by atoms with E-state index in [-0.39, 0.29) is 11.3 Å². The molecule has 1 aromatic carbocycles. The Labute approximate surface area is 137 Å². The number of hydrogen-bond acceptors (Lipinski definition) is 4. The second-order valence-electron chi connectivity index (χ2n) is 6.81. The first-order valence-electron chi connectivity index (χ1n) is 7.88. The molecule has 2 N–H and O–H groups in total. The number of sulfonamides is 1. The monoisotopic (exact) mass is 337 g/mol. The molecule has 0 aliphatic carbocycles. The van der Waals surface area contributed by atoms with Crippen LogP contribution in [0.25, 0.3) is 0 Å². The third-order valence-electron chi connectivity index (χ3n) is 4.98. The van der Waals surface area contributed by atoms with Gasteiger partial charge < -0.3 is 10.6 Å². The second-order valence-corrected chi connectivity index (χ2v) is 8.75. The predicted molar refractivity (Wildman–Crippen MR) is 88.7 cm³/mol. The fourth-order valence-electron chi connectivity index (χ4n) is 3.36. The number of rotatable bonds is 3. The molecule has 1 fully saturated rings. The first-order chi connectivity index (χ1) is 10.8. The number of carbonyl (C=O) groups is 1. The van der Waals surface area contributed by atoms with Gasteiger partial charge in [-0.2, -0.15) is 4.31 Å². The van der Waals surface area contributed by atoms with Crippen LogP contribution in [0.2, 0.25) is 0 Å². The molecule has 2 aliphatic rings. The van der Waals surface area contributed by atoms with Crippen LogP contribution < -0.4 is 10.6 Å². The minimum absolute atomic E-state index is 0.0161. The maximum absolute atomic E-state index is 12.9. The van der Waals surface area contributed by atoms with Gasteiger partial charge in [0.1, 0.15) is 0 Å². The van der Waals surface area contributed by atoms with Crippen molar-refractivity contribution in [2.24, 2.45) is 11.1 Å². The predicted octanol–water partition coefficient (Wildman–Crippen LogP) is 0.955. The Morgan fingerprint density at radius 1 is 1.35 bits per heavy atom. The van der Waals surface area contributed by atoms with E-state index in [2.05, 4.69) is 0 Å². The van der Waals surface area contributed by atoms with Gasteiger partial charge in [0.05, 0.1) is 4.90 Å². The molecule has 1 aromatic rings. The summed E-state index contributed by atoms with van der Waals surface area (Å²) >= 11 is 0. The van der Waals surface area contributed by atoms with Gasteiger partial charge in [-0.05, 0) is 48.6 Å². The molecule has 6 nitrogen and oxygen atoms in total. The summed E-state index contributed by atoms with van der Waals surface area (Å²) in [6.45, 7) is 5.61. The molecule has 1 saturated heterocycles. The Morgan fingerprint density at radius 3 is 2.70 bits per heavy atom. The summed E-state index contributed by atoms with van der Waals surface area (Å²) in [5.74, 6) is -0.0161. The van der Waals surface area contributed by atoms with E-state index in [0.29, 0.717) is 37.5 Å². The molecule has 0 radical (unpaired) electrons. The summed E-state index contributed by atoms with van der Waals surface area (Å²) in [6, 6.07) is 5.06. The van der Waals surface area contributed by atoms with Crippen molar-refractivity contribution in [2.75, 3.05) is 31.1 Å². The Bertz CT molecular complexity index is 747. The Balaban J connectivity index is 1.90. The van der Waals surface area contributed by atoms with Crippen LogP contribution in [0.1, 0.15) is 25.8 Å². The lowest BCUT2D eigenvalue weighted by Crippen LogP contribution is -2.34. The van der Waals surface area contributed by atoms with Crippen LogP contribution in [0, 0.1) is 5.41 Å². The van der Waals surface area contributed by atoms with Gasteiger partial charge in [-0.25, -0.2) is 8.42 Å². The van der Waals surface area contributed by atoms with Crippen molar-refractivity contribution >= 4 is 21.6 Å². The van der Waals surface area contributed by atoms with Crippen LogP contribution in [0.4, 0.5) is 5.69 Å². The molecule has 7 heteroatoms. The first-order valence-corrected chi connectivity index (χ1v) is 9.32. The molecular weight excluding hydrogens is 314 g/mol. The molecule has 23 heavy (non-hydrogen) atoms. The Hall–Kier alpha value is -1.44. The van der Waals surface area contributed by atoms with E-state index in [9.17, 15) is 13.2 Å². The van der Waals surface area contributed by atoms with E-state index in [0.717, 1.165) is 17.7 Å². The van der Waals surface area contributed by atoms with Crippen molar-refractivity contribution < 1.29 is 13.2 Å². The van der Waals surface area contributed by atoms with Crippen molar-refractivity contribution in [2.45, 2.75) is 31.6 Å². The van der Waals surface area contributed by atoms with Gasteiger partial charge in [0.15, 0.2) is 0 Å². The first kappa shape index (κ1) is 16.4. The van der Waals surface area contributed by atoms with Crippen LogP contribution in [0.3, 0.4) is 0 Å². The molecule has 0 bridgehead atoms. The summed E-state index contributed by atoms with van der Waals surface area (Å²) in [6.07, 6.45) is 1.48. The zero-order valence-corrected chi connectivity index (χ0v) is 14.4. The van der Waals surface area contributed by atoms with E-state index in [1.54, 1.807) is 23.1 Å². The van der Waals surface area contributed by atoms with Crippen molar-refractivity contribution in [3.8, 4) is 0 Å². The van der Waals surface area contributed by atoms with Crippen molar-refractivity contribution in [3.63, 3.8) is 0 Å². The summed E-state index contributed by atoms with van der Waals surface area (Å²) in [4.78, 5) is 13.6. The number of fused-ring (bicyclic) bond motifs is 1. The SMILES string of the molecule is CC(=O)N1CCc2cc(S(=O)(=O)N3CCC(C)(CN)C3)ccc21. The number of hydrogen-bond donors (Lipinski definition) is 1. The Kier molecular flexibility index (Phi) is 3.98. The average molecular weight is 337 g/mol. The third-order valence-corrected chi connectivity index (χ3v) is 6.82. The highest BCUT2D eigenvalue weighted by atomic mass is 32.2. The van der Waals surface area contributed by atoms with Crippen molar-refractivity contribution in [1.82, 2.24) is 4.31 Å². The van der Waals surface area contributed by atoms with Crippen molar-refractivity contribution in [3.05, 3.63) is 23.8 Å². The van der Waals surface area contributed by atoms with Crippen LogP contribution in [0.5, 0.6) is 0 Å². The minimum atomic E-state index is -3.50. The fraction of sp³-hybridized carbons (Fsp3) is 0.562. The number of nitrogens with two attached hydrogens (primary N) is 1. The molecule has 3 rings (SSSR count). The summed E-state index contributed by atoms with van der Waals surface area (Å²) in [5, 5.41) is 0. The van der Waals surface area contributed by atoms with Crippen LogP contribution in [-0.2, 0) is 21.2 Å². The van der Waals surface area contributed by atoms with Crippen LogP contribution in [-0.4, -0.2) is 44.8 Å². The minimum Gasteiger partial charge on any atom is -0.330 e. The molecule has 1 unspecified atom stereocenters. The molecular formula is C16H23N3O3S. The van der Waals surface area contributed by atoms with Gasteiger partial charge in [-0.15, -0.1) is 0 Å². The highest BCUT2D eigenvalue weighted by Crippen LogP contribution is 2.35. The lowest BCUT2D eigenvalue weighted by Gasteiger charge is -2.22. The van der Waals surface area contributed by atoms with Gasteiger partial charge in [-0.3, -0.25) is 4.79 Å². The maximum atomic E-state index is 12.9. The molecule has 0 saturated carbocycles. The molecule has 2 heterocycles. The van der Waals surface area contributed by atoms with E-state index in [4.69, 9.17) is 5.73 Å². The molecule has 126 valence electrons. The number of amides is 1. The maximum Gasteiger partial charge on any atom is 0.243 e. The van der Waals surface area contributed by atoms with Gasteiger partial charge in [-0.1, -0.05) is 6.92 Å². The van der Waals surface area contributed by atoms with Gasteiger partial charge in [0.25, 0.3) is 0 Å². The quantitative estimate of drug-likeness (QED) is 0.890. The van der Waals surface area contributed by atoms with Crippen LogP contribution in [0.15, 0.2) is 23.1 Å². The second kappa shape index (κ2) is 5.58. The number of anilines is 1. The van der Waals surface area contributed by atoms with E-state index >= 15 is 0 Å². The number of benzene rings is 1. The number of nitrogens with zero attached hydrogens (tertiary/aromatic N) is 2. The molecule has 1 amide bonds. The lowest BCUT2D eigenvalue weighted by atomic mass is 9.90. The van der Waals surface area contributed by atoms with Crippen molar-refractivity contribution in [1.29, 1.82) is 0 Å². The highest BCUT2D eigenvalue weighted by Gasteiger charge is 2.39. The largest absolute Gasteiger partial charge is 0.330 e. The lowest BCUT2D eigenvalue weighted by molar-refractivity contribution is -0.116. The zero-order valence-electron chi connectivity index (χ0n) is 13.6. The van der Waals surface area contributed by atoms with Gasteiger partial charge in [0, 0.05) is 32.2 Å². The van der Waals surface area contributed by atoms with E-state index in [1.165, 1.54) is 11.2 Å². The van der Waals surface area contributed by atoms with Gasteiger partial charge >= 0.3 is 0 Å². The topological polar surface area (TPSA) is 83.7 Å². The average Bonchev–Trinajstić information content (AvgIpc) is 3.11.